The third kappa shape index (κ3) is 4.35. The quantitative estimate of drug-likeness (QED) is 0.857. The first-order valence-corrected chi connectivity index (χ1v) is 6.94. The number of benzene rings is 1. The van der Waals surface area contributed by atoms with Crippen LogP contribution in [-0.4, -0.2) is 11.4 Å². The van der Waals surface area contributed by atoms with E-state index >= 15 is 0 Å². The molecule has 3 N–H and O–H groups in total. The van der Waals surface area contributed by atoms with E-state index in [9.17, 15) is 4.79 Å². The molecular formula is C16H26N2O. The van der Waals surface area contributed by atoms with E-state index in [0.29, 0.717) is 5.92 Å². The van der Waals surface area contributed by atoms with Crippen molar-refractivity contribution in [3.63, 3.8) is 0 Å². The Morgan fingerprint density at radius 1 is 1.26 bits per heavy atom. The first kappa shape index (κ1) is 15.7. The van der Waals surface area contributed by atoms with Gasteiger partial charge in [-0.05, 0) is 37.3 Å². The Morgan fingerprint density at radius 3 is 2.16 bits per heavy atom. The first-order valence-electron chi connectivity index (χ1n) is 6.94. The summed E-state index contributed by atoms with van der Waals surface area (Å²) in [6, 6.07) is 8.41. The van der Waals surface area contributed by atoms with Crippen molar-refractivity contribution in [2.75, 3.05) is 0 Å². The van der Waals surface area contributed by atoms with Gasteiger partial charge in [-0.15, -0.1) is 0 Å². The average Bonchev–Trinajstić information content (AvgIpc) is 2.34. The van der Waals surface area contributed by atoms with Crippen LogP contribution in [0, 0.1) is 5.92 Å². The fourth-order valence-electron chi connectivity index (χ4n) is 1.92. The summed E-state index contributed by atoms with van der Waals surface area (Å²) in [6.07, 6.45) is 1.02. The second kappa shape index (κ2) is 6.20. The Hall–Kier alpha value is -1.35. The van der Waals surface area contributed by atoms with Gasteiger partial charge < -0.3 is 11.1 Å². The highest BCUT2D eigenvalue weighted by Gasteiger charge is 2.26. The molecule has 19 heavy (non-hydrogen) atoms. The molecule has 0 saturated carbocycles. The zero-order valence-corrected chi connectivity index (χ0v) is 12.7. The van der Waals surface area contributed by atoms with Crippen LogP contribution in [0.25, 0.3) is 0 Å². The number of aryl methyl sites for hydroxylation is 1. The van der Waals surface area contributed by atoms with Crippen LogP contribution < -0.4 is 11.1 Å². The van der Waals surface area contributed by atoms with Gasteiger partial charge in [-0.3, -0.25) is 4.79 Å². The van der Waals surface area contributed by atoms with Crippen LogP contribution in [0.3, 0.4) is 0 Å². The van der Waals surface area contributed by atoms with Gasteiger partial charge in [0.05, 0.1) is 11.6 Å². The number of hydrogen-bond acceptors (Lipinski definition) is 2. The highest BCUT2D eigenvalue weighted by atomic mass is 16.2. The molecule has 0 spiro atoms. The normalized spacial score (nSPS) is 13.4. The number of amides is 1. The molecule has 0 radical (unpaired) electrons. The predicted octanol–water partition coefficient (Wildman–Crippen LogP) is 2.80. The fraction of sp³-hybridized carbons (Fsp3) is 0.562. The van der Waals surface area contributed by atoms with Crippen molar-refractivity contribution < 1.29 is 4.79 Å². The molecule has 1 rings (SSSR count). The molecule has 1 aromatic carbocycles. The largest absolute Gasteiger partial charge is 0.347 e. The van der Waals surface area contributed by atoms with E-state index in [-0.39, 0.29) is 11.9 Å². The molecule has 0 aliphatic rings. The Morgan fingerprint density at radius 2 is 1.79 bits per heavy atom. The number of carbonyl (C=O) groups excluding carboxylic acids is 1. The monoisotopic (exact) mass is 262 g/mol. The Kier molecular flexibility index (Phi) is 5.12. The molecule has 0 aliphatic carbocycles. The van der Waals surface area contributed by atoms with Crippen LogP contribution in [0.2, 0.25) is 0 Å². The van der Waals surface area contributed by atoms with Crippen molar-refractivity contribution in [3.05, 3.63) is 35.4 Å². The third-order valence-electron chi connectivity index (χ3n) is 3.29. The van der Waals surface area contributed by atoms with Crippen molar-refractivity contribution >= 4 is 5.91 Å². The Labute approximate surface area is 116 Å². The second-order valence-electron chi connectivity index (χ2n) is 6.01. The van der Waals surface area contributed by atoms with E-state index in [1.807, 2.05) is 0 Å². The molecule has 3 heteroatoms. The summed E-state index contributed by atoms with van der Waals surface area (Å²) in [5.74, 6) is 0.199. The lowest BCUT2D eigenvalue weighted by molar-refractivity contribution is -0.126. The molecule has 1 atom stereocenters. The number of rotatable bonds is 5. The minimum Gasteiger partial charge on any atom is -0.347 e. The number of carbonyl (C=O) groups is 1. The minimum atomic E-state index is -0.851. The van der Waals surface area contributed by atoms with E-state index < -0.39 is 5.54 Å². The van der Waals surface area contributed by atoms with Gasteiger partial charge in [-0.2, -0.15) is 0 Å². The maximum Gasteiger partial charge on any atom is 0.239 e. The first-order chi connectivity index (χ1) is 8.75. The molecule has 0 aromatic heterocycles. The highest BCUT2D eigenvalue weighted by Crippen LogP contribution is 2.22. The summed E-state index contributed by atoms with van der Waals surface area (Å²) in [5, 5.41) is 3.05. The summed E-state index contributed by atoms with van der Waals surface area (Å²) >= 11 is 0. The maximum atomic E-state index is 12.0. The van der Waals surface area contributed by atoms with E-state index in [1.165, 1.54) is 5.56 Å². The van der Waals surface area contributed by atoms with Crippen LogP contribution in [-0.2, 0) is 11.2 Å². The van der Waals surface area contributed by atoms with Gasteiger partial charge >= 0.3 is 0 Å². The van der Waals surface area contributed by atoms with Crippen LogP contribution in [0.1, 0.15) is 51.8 Å². The van der Waals surface area contributed by atoms with Crippen molar-refractivity contribution in [2.24, 2.45) is 11.7 Å². The van der Waals surface area contributed by atoms with Gasteiger partial charge in [0.25, 0.3) is 0 Å². The molecular weight excluding hydrogens is 236 g/mol. The minimum absolute atomic E-state index is 0.00114. The van der Waals surface area contributed by atoms with Crippen LogP contribution in [0.4, 0.5) is 0 Å². The van der Waals surface area contributed by atoms with Gasteiger partial charge in [-0.1, -0.05) is 45.0 Å². The average molecular weight is 262 g/mol. The zero-order valence-electron chi connectivity index (χ0n) is 12.7. The molecule has 1 unspecified atom stereocenters. The summed E-state index contributed by atoms with van der Waals surface area (Å²) in [4.78, 5) is 12.0. The molecule has 0 bridgehead atoms. The number of nitrogens with two attached hydrogens (primary N) is 1. The van der Waals surface area contributed by atoms with Gasteiger partial charge in [0, 0.05) is 0 Å². The van der Waals surface area contributed by atoms with Crippen LogP contribution >= 0.6 is 0 Å². The molecule has 3 nitrogen and oxygen atoms in total. The second-order valence-corrected chi connectivity index (χ2v) is 6.01. The van der Waals surface area contributed by atoms with E-state index in [4.69, 9.17) is 5.73 Å². The molecule has 1 aromatic rings. The lowest BCUT2D eigenvalue weighted by atomic mass is 9.93. The zero-order chi connectivity index (χ0) is 14.6. The summed E-state index contributed by atoms with van der Waals surface area (Å²) in [5.41, 5.74) is 7.42. The number of hydrogen-bond donors (Lipinski definition) is 2. The molecule has 0 aliphatic heterocycles. The summed E-state index contributed by atoms with van der Waals surface area (Å²) < 4.78 is 0. The lowest BCUT2D eigenvalue weighted by Crippen LogP contribution is -2.50. The third-order valence-corrected chi connectivity index (χ3v) is 3.29. The lowest BCUT2D eigenvalue weighted by Gasteiger charge is -2.27. The van der Waals surface area contributed by atoms with Crippen LogP contribution in [0.15, 0.2) is 24.3 Å². The number of nitrogens with one attached hydrogen (secondary N) is 1. The van der Waals surface area contributed by atoms with Crippen molar-refractivity contribution in [1.29, 1.82) is 0 Å². The molecule has 0 fully saturated rings. The van der Waals surface area contributed by atoms with Crippen molar-refractivity contribution in [2.45, 2.75) is 52.6 Å². The summed E-state index contributed by atoms with van der Waals surface area (Å²) in [7, 11) is 0. The van der Waals surface area contributed by atoms with Crippen molar-refractivity contribution in [3.8, 4) is 0 Å². The Bertz CT molecular complexity index is 415. The highest BCUT2D eigenvalue weighted by molar-refractivity contribution is 5.85. The maximum absolute atomic E-state index is 12.0. The predicted molar refractivity (Wildman–Crippen MR) is 79.8 cm³/mol. The van der Waals surface area contributed by atoms with Gasteiger partial charge in [-0.25, -0.2) is 0 Å². The van der Waals surface area contributed by atoms with Gasteiger partial charge in [0.1, 0.15) is 0 Å². The Balaban J connectivity index is 2.91. The van der Waals surface area contributed by atoms with E-state index in [0.717, 1.165) is 12.0 Å². The topological polar surface area (TPSA) is 55.1 Å². The SMILES string of the molecule is CCc1ccc(C(NC(=O)C(C)(C)N)C(C)C)cc1. The molecule has 106 valence electrons. The van der Waals surface area contributed by atoms with Crippen molar-refractivity contribution in [1.82, 2.24) is 5.32 Å². The fourth-order valence-corrected chi connectivity index (χ4v) is 1.92. The molecule has 0 heterocycles. The van der Waals surface area contributed by atoms with E-state index in [2.05, 4.69) is 50.4 Å². The van der Waals surface area contributed by atoms with Crippen LogP contribution in [0.5, 0.6) is 0 Å². The van der Waals surface area contributed by atoms with Gasteiger partial charge in [0.2, 0.25) is 5.91 Å². The smallest absolute Gasteiger partial charge is 0.239 e. The summed E-state index contributed by atoms with van der Waals surface area (Å²) in [6.45, 7) is 9.78. The van der Waals surface area contributed by atoms with Gasteiger partial charge in [0.15, 0.2) is 0 Å². The molecule has 1 amide bonds. The molecule has 0 saturated heterocycles. The van der Waals surface area contributed by atoms with E-state index in [1.54, 1.807) is 13.8 Å². The standard InChI is InChI=1S/C16H26N2O/c1-6-12-7-9-13(10-8-12)14(11(2)3)18-15(19)16(4,5)17/h7-11,14H,6,17H2,1-5H3,(H,18,19).